The van der Waals surface area contributed by atoms with Crippen LogP contribution in [0.15, 0.2) is 42.2 Å². The number of aromatic nitrogens is 2. The molecule has 92 valence electrons. The third-order valence-corrected chi connectivity index (χ3v) is 4.11. The number of rotatable bonds is 3. The summed E-state index contributed by atoms with van der Waals surface area (Å²) in [6.45, 7) is 0. The summed E-state index contributed by atoms with van der Waals surface area (Å²) in [7, 11) is 3.97. The summed E-state index contributed by atoms with van der Waals surface area (Å²) >= 11 is 1.78. The highest BCUT2D eigenvalue weighted by molar-refractivity contribution is 7.17. The molecule has 0 aliphatic rings. The van der Waals surface area contributed by atoms with Crippen molar-refractivity contribution in [2.24, 2.45) is 7.05 Å². The van der Waals surface area contributed by atoms with Crippen molar-refractivity contribution in [3.05, 3.63) is 53.4 Å². The molecule has 0 saturated heterocycles. The van der Waals surface area contributed by atoms with Gasteiger partial charge in [0.2, 0.25) is 0 Å². The van der Waals surface area contributed by atoms with Gasteiger partial charge in [-0.3, -0.25) is 0 Å². The van der Waals surface area contributed by atoms with Crippen molar-refractivity contribution in [1.82, 2.24) is 14.9 Å². The van der Waals surface area contributed by atoms with Crippen molar-refractivity contribution in [1.29, 1.82) is 0 Å². The molecule has 0 radical (unpaired) electrons. The Morgan fingerprint density at radius 3 is 2.94 bits per heavy atom. The van der Waals surface area contributed by atoms with Gasteiger partial charge in [-0.2, -0.15) is 0 Å². The molecular formula is C14H15N3S. The van der Waals surface area contributed by atoms with E-state index in [1.807, 2.05) is 25.0 Å². The normalized spacial score (nSPS) is 13.0. The van der Waals surface area contributed by atoms with Gasteiger partial charge in [0.05, 0.1) is 18.1 Å². The first-order valence-corrected chi connectivity index (χ1v) is 6.79. The fourth-order valence-electron chi connectivity index (χ4n) is 2.29. The molecule has 1 aromatic carbocycles. The van der Waals surface area contributed by atoms with Crippen LogP contribution in [-0.2, 0) is 7.05 Å². The number of nitrogens with zero attached hydrogens (tertiary/aromatic N) is 2. The highest BCUT2D eigenvalue weighted by atomic mass is 32.1. The maximum absolute atomic E-state index is 4.46. The van der Waals surface area contributed by atoms with E-state index in [-0.39, 0.29) is 6.04 Å². The van der Waals surface area contributed by atoms with E-state index in [1.165, 1.54) is 15.6 Å². The first-order chi connectivity index (χ1) is 8.79. The van der Waals surface area contributed by atoms with Gasteiger partial charge in [-0.05, 0) is 29.4 Å². The number of hydrogen-bond acceptors (Lipinski definition) is 3. The summed E-state index contributed by atoms with van der Waals surface area (Å²) in [5.74, 6) is 0. The van der Waals surface area contributed by atoms with Gasteiger partial charge in [-0.1, -0.05) is 18.2 Å². The van der Waals surface area contributed by atoms with Gasteiger partial charge >= 0.3 is 0 Å². The molecular weight excluding hydrogens is 242 g/mol. The van der Waals surface area contributed by atoms with Crippen LogP contribution < -0.4 is 5.32 Å². The zero-order valence-corrected chi connectivity index (χ0v) is 11.2. The smallest absolute Gasteiger partial charge is 0.0947 e. The standard InChI is InChI=1S/C14H15N3S/c1-15-13(12-8-17(2)9-16-12)11-5-3-4-10-6-7-18-14(10)11/h3-9,13,15H,1-2H3. The van der Waals surface area contributed by atoms with Crippen molar-refractivity contribution in [2.45, 2.75) is 6.04 Å². The van der Waals surface area contributed by atoms with Gasteiger partial charge in [0.1, 0.15) is 0 Å². The summed E-state index contributed by atoms with van der Waals surface area (Å²) in [4.78, 5) is 4.46. The Bertz CT molecular complexity index is 668. The summed E-state index contributed by atoms with van der Waals surface area (Å²) in [5.41, 5.74) is 2.35. The van der Waals surface area contributed by atoms with Crippen LogP contribution in [0.4, 0.5) is 0 Å². The van der Waals surface area contributed by atoms with Crippen LogP contribution in [0.25, 0.3) is 10.1 Å². The van der Waals surface area contributed by atoms with Crippen LogP contribution in [0.5, 0.6) is 0 Å². The van der Waals surface area contributed by atoms with E-state index in [0.29, 0.717) is 0 Å². The zero-order chi connectivity index (χ0) is 12.5. The third kappa shape index (κ3) is 1.83. The highest BCUT2D eigenvalue weighted by Gasteiger charge is 2.17. The maximum atomic E-state index is 4.46. The number of imidazole rings is 1. The Balaban J connectivity index is 2.14. The van der Waals surface area contributed by atoms with Gasteiger partial charge in [0.25, 0.3) is 0 Å². The summed E-state index contributed by atoms with van der Waals surface area (Å²) in [6.07, 6.45) is 3.90. The molecule has 0 spiro atoms. The quantitative estimate of drug-likeness (QED) is 0.782. The van der Waals surface area contributed by atoms with Crippen molar-refractivity contribution >= 4 is 21.4 Å². The Kier molecular flexibility index (Phi) is 2.89. The topological polar surface area (TPSA) is 29.9 Å². The Labute approximate surface area is 110 Å². The molecule has 3 aromatic rings. The fourth-order valence-corrected chi connectivity index (χ4v) is 3.23. The lowest BCUT2D eigenvalue weighted by Gasteiger charge is -2.15. The monoisotopic (exact) mass is 257 g/mol. The van der Waals surface area contributed by atoms with Crippen LogP contribution in [0, 0.1) is 0 Å². The largest absolute Gasteiger partial charge is 0.340 e. The van der Waals surface area contributed by atoms with Crippen LogP contribution >= 0.6 is 11.3 Å². The molecule has 0 amide bonds. The van der Waals surface area contributed by atoms with Gasteiger partial charge in [-0.15, -0.1) is 11.3 Å². The molecule has 2 heterocycles. The van der Waals surface area contributed by atoms with E-state index in [1.54, 1.807) is 11.3 Å². The minimum absolute atomic E-state index is 0.147. The van der Waals surface area contributed by atoms with E-state index < -0.39 is 0 Å². The van der Waals surface area contributed by atoms with Crippen molar-refractivity contribution < 1.29 is 0 Å². The minimum atomic E-state index is 0.147. The second-order valence-corrected chi connectivity index (χ2v) is 5.29. The number of benzene rings is 1. The Hall–Kier alpha value is -1.65. The number of hydrogen-bond donors (Lipinski definition) is 1. The summed E-state index contributed by atoms with van der Waals surface area (Å²) in [5, 5.41) is 6.80. The highest BCUT2D eigenvalue weighted by Crippen LogP contribution is 2.31. The minimum Gasteiger partial charge on any atom is -0.340 e. The molecule has 0 saturated carbocycles. The Morgan fingerprint density at radius 2 is 2.22 bits per heavy atom. The van der Waals surface area contributed by atoms with Crippen molar-refractivity contribution in [3.8, 4) is 0 Å². The number of thiophene rings is 1. The first kappa shape index (κ1) is 11.4. The molecule has 0 aliphatic heterocycles. The predicted octanol–water partition coefficient (Wildman–Crippen LogP) is 2.94. The Morgan fingerprint density at radius 1 is 1.33 bits per heavy atom. The van der Waals surface area contributed by atoms with Gasteiger partial charge in [-0.25, -0.2) is 4.98 Å². The fraction of sp³-hybridized carbons (Fsp3) is 0.214. The molecule has 0 aliphatic carbocycles. The second-order valence-electron chi connectivity index (χ2n) is 4.37. The molecule has 4 heteroatoms. The molecule has 1 atom stereocenters. The van der Waals surface area contributed by atoms with Crippen molar-refractivity contribution in [3.63, 3.8) is 0 Å². The van der Waals surface area contributed by atoms with E-state index in [9.17, 15) is 0 Å². The number of fused-ring (bicyclic) bond motifs is 1. The molecule has 3 rings (SSSR count). The molecule has 1 unspecified atom stereocenters. The van der Waals surface area contributed by atoms with E-state index in [0.717, 1.165) is 5.69 Å². The van der Waals surface area contributed by atoms with E-state index >= 15 is 0 Å². The molecule has 18 heavy (non-hydrogen) atoms. The van der Waals surface area contributed by atoms with Gasteiger partial charge < -0.3 is 9.88 Å². The number of nitrogens with one attached hydrogen (secondary N) is 1. The predicted molar refractivity (Wildman–Crippen MR) is 75.9 cm³/mol. The van der Waals surface area contributed by atoms with E-state index in [2.05, 4.69) is 46.1 Å². The lowest BCUT2D eigenvalue weighted by Crippen LogP contribution is -2.18. The van der Waals surface area contributed by atoms with Crippen LogP contribution in [-0.4, -0.2) is 16.6 Å². The summed E-state index contributed by atoms with van der Waals surface area (Å²) < 4.78 is 3.32. The lowest BCUT2D eigenvalue weighted by molar-refractivity contribution is 0.679. The first-order valence-electron chi connectivity index (χ1n) is 5.91. The van der Waals surface area contributed by atoms with E-state index in [4.69, 9.17) is 0 Å². The SMILES string of the molecule is CNC(c1cn(C)cn1)c1cccc2ccsc12. The third-order valence-electron chi connectivity index (χ3n) is 3.13. The second kappa shape index (κ2) is 4.55. The average Bonchev–Trinajstić information content (AvgIpc) is 2.99. The molecule has 3 nitrogen and oxygen atoms in total. The van der Waals surface area contributed by atoms with Crippen LogP contribution in [0.3, 0.4) is 0 Å². The van der Waals surface area contributed by atoms with Gasteiger partial charge in [0.15, 0.2) is 0 Å². The number of aryl methyl sites for hydroxylation is 1. The zero-order valence-electron chi connectivity index (χ0n) is 10.4. The lowest BCUT2D eigenvalue weighted by atomic mass is 10.0. The van der Waals surface area contributed by atoms with Crippen LogP contribution in [0.2, 0.25) is 0 Å². The molecule has 0 bridgehead atoms. The molecule has 1 N–H and O–H groups in total. The average molecular weight is 257 g/mol. The maximum Gasteiger partial charge on any atom is 0.0947 e. The summed E-state index contributed by atoms with van der Waals surface area (Å²) in [6, 6.07) is 8.75. The van der Waals surface area contributed by atoms with Crippen molar-refractivity contribution in [2.75, 3.05) is 7.05 Å². The molecule has 0 fully saturated rings. The molecule has 2 aromatic heterocycles. The van der Waals surface area contributed by atoms with Crippen LogP contribution in [0.1, 0.15) is 17.3 Å². The van der Waals surface area contributed by atoms with Gasteiger partial charge in [0, 0.05) is 17.9 Å².